The Hall–Kier alpha value is -2.51. The molecule has 6 nitrogen and oxygen atoms in total. The Morgan fingerprint density at radius 3 is 2.30 bits per heavy atom. The van der Waals surface area contributed by atoms with Gasteiger partial charge in [0.1, 0.15) is 11.6 Å². The van der Waals surface area contributed by atoms with Gasteiger partial charge in [0.2, 0.25) is 11.8 Å². The average molecular weight is 379 g/mol. The molecule has 0 aliphatic carbocycles. The van der Waals surface area contributed by atoms with Crippen LogP contribution in [0.25, 0.3) is 0 Å². The normalized spacial score (nSPS) is 17.9. The molecule has 1 aromatic rings. The molecule has 0 spiro atoms. The zero-order valence-corrected chi connectivity index (χ0v) is 15.0. The van der Waals surface area contributed by atoms with E-state index in [9.17, 15) is 23.2 Å². The van der Waals surface area contributed by atoms with E-state index in [1.807, 2.05) is 0 Å². The molecule has 0 radical (unpaired) electrons. The van der Waals surface area contributed by atoms with Gasteiger partial charge < -0.3 is 15.1 Å². The van der Waals surface area contributed by atoms with Crippen LogP contribution in [-0.4, -0.2) is 60.2 Å². The van der Waals surface area contributed by atoms with Gasteiger partial charge in [-0.25, -0.2) is 8.78 Å². The van der Waals surface area contributed by atoms with Crippen molar-refractivity contribution in [1.29, 1.82) is 0 Å². The number of hydrogen-bond donors (Lipinski definition) is 1. The number of piperidine rings is 1. The van der Waals surface area contributed by atoms with Gasteiger partial charge in [-0.05, 0) is 37.8 Å². The third-order valence-electron chi connectivity index (χ3n) is 5.19. The smallest absolute Gasteiger partial charge is 0.256 e. The molecular formula is C19H23F2N3O3. The fourth-order valence-corrected chi connectivity index (χ4v) is 3.56. The first kappa shape index (κ1) is 19.3. The first-order valence-electron chi connectivity index (χ1n) is 9.25. The van der Waals surface area contributed by atoms with Gasteiger partial charge in [0.05, 0.1) is 12.1 Å². The maximum Gasteiger partial charge on any atom is 0.256 e. The van der Waals surface area contributed by atoms with Crippen molar-refractivity contribution < 1.29 is 23.2 Å². The standard InChI is InChI=1S/C19H23F2N3O3/c20-14-3-4-15(16(21)11-14)19(27)24-9-5-13(6-10-24)18(26)22-12-17(25)23-7-1-2-8-23/h3-4,11,13H,1-2,5-10,12H2,(H,22,26). The third-order valence-corrected chi connectivity index (χ3v) is 5.19. The van der Waals surface area contributed by atoms with E-state index < -0.39 is 17.5 Å². The highest BCUT2D eigenvalue weighted by Gasteiger charge is 2.29. The van der Waals surface area contributed by atoms with Crippen molar-refractivity contribution in [2.24, 2.45) is 5.92 Å². The van der Waals surface area contributed by atoms with Crippen molar-refractivity contribution >= 4 is 17.7 Å². The van der Waals surface area contributed by atoms with Gasteiger partial charge in [0.25, 0.3) is 5.91 Å². The molecular weight excluding hydrogens is 356 g/mol. The molecule has 3 amide bonds. The molecule has 2 aliphatic rings. The molecule has 0 saturated carbocycles. The van der Waals surface area contributed by atoms with Crippen LogP contribution in [0.1, 0.15) is 36.0 Å². The summed E-state index contributed by atoms with van der Waals surface area (Å²) < 4.78 is 26.8. The highest BCUT2D eigenvalue weighted by Crippen LogP contribution is 2.20. The van der Waals surface area contributed by atoms with Crippen molar-refractivity contribution in [1.82, 2.24) is 15.1 Å². The minimum absolute atomic E-state index is 0.00122. The lowest BCUT2D eigenvalue weighted by Crippen LogP contribution is -2.45. The quantitative estimate of drug-likeness (QED) is 0.863. The molecule has 1 N–H and O–H groups in total. The number of hydrogen-bond acceptors (Lipinski definition) is 3. The van der Waals surface area contributed by atoms with Crippen LogP contribution in [0.15, 0.2) is 18.2 Å². The predicted molar refractivity (Wildman–Crippen MR) is 93.8 cm³/mol. The Morgan fingerprint density at radius 1 is 1.00 bits per heavy atom. The number of nitrogens with one attached hydrogen (secondary N) is 1. The Morgan fingerprint density at radius 2 is 1.67 bits per heavy atom. The summed E-state index contributed by atoms with van der Waals surface area (Å²) in [5.41, 5.74) is -0.171. The largest absolute Gasteiger partial charge is 0.347 e. The van der Waals surface area contributed by atoms with E-state index in [1.165, 1.54) is 4.90 Å². The summed E-state index contributed by atoms with van der Waals surface area (Å²) in [6.07, 6.45) is 2.89. The molecule has 2 saturated heterocycles. The number of halogens is 2. The van der Waals surface area contributed by atoms with E-state index in [0.29, 0.717) is 32.0 Å². The summed E-state index contributed by atoms with van der Waals surface area (Å²) in [6.45, 7) is 2.12. The SMILES string of the molecule is O=C(NCC(=O)N1CCCC1)C1CCN(C(=O)c2ccc(F)cc2F)CC1. The van der Waals surface area contributed by atoms with Crippen molar-refractivity contribution in [3.05, 3.63) is 35.4 Å². The number of rotatable bonds is 4. The first-order chi connectivity index (χ1) is 13.0. The second-order valence-corrected chi connectivity index (χ2v) is 7.00. The number of carbonyl (C=O) groups is 3. The van der Waals surface area contributed by atoms with Crippen LogP contribution in [0.3, 0.4) is 0 Å². The summed E-state index contributed by atoms with van der Waals surface area (Å²) in [6, 6.07) is 2.87. The van der Waals surface area contributed by atoms with Gasteiger partial charge in [-0.15, -0.1) is 0 Å². The average Bonchev–Trinajstić information content (AvgIpc) is 3.20. The van der Waals surface area contributed by atoms with Crippen LogP contribution in [0.5, 0.6) is 0 Å². The van der Waals surface area contributed by atoms with Crippen molar-refractivity contribution in [2.75, 3.05) is 32.7 Å². The molecule has 0 bridgehead atoms. The zero-order chi connectivity index (χ0) is 19.4. The molecule has 1 aromatic carbocycles. The Labute approximate surface area is 156 Å². The molecule has 0 unspecified atom stereocenters. The lowest BCUT2D eigenvalue weighted by atomic mass is 9.95. The Balaban J connectivity index is 1.47. The topological polar surface area (TPSA) is 69.7 Å². The minimum Gasteiger partial charge on any atom is -0.347 e. The second kappa shape index (κ2) is 8.45. The predicted octanol–water partition coefficient (Wildman–Crippen LogP) is 1.56. The summed E-state index contributed by atoms with van der Waals surface area (Å²) in [4.78, 5) is 39.9. The van der Waals surface area contributed by atoms with Gasteiger partial charge in [-0.1, -0.05) is 0 Å². The van der Waals surface area contributed by atoms with Gasteiger partial charge in [-0.2, -0.15) is 0 Å². The number of likely N-dealkylation sites (tertiary alicyclic amines) is 2. The second-order valence-electron chi connectivity index (χ2n) is 7.00. The van der Waals surface area contributed by atoms with Crippen molar-refractivity contribution in [3.8, 4) is 0 Å². The number of carbonyl (C=O) groups excluding carboxylic acids is 3. The number of benzene rings is 1. The van der Waals surface area contributed by atoms with Crippen LogP contribution in [0, 0.1) is 17.6 Å². The Bertz CT molecular complexity index is 727. The first-order valence-corrected chi connectivity index (χ1v) is 9.25. The highest BCUT2D eigenvalue weighted by atomic mass is 19.1. The number of nitrogens with zero attached hydrogens (tertiary/aromatic N) is 2. The fourth-order valence-electron chi connectivity index (χ4n) is 3.56. The zero-order valence-electron chi connectivity index (χ0n) is 15.0. The maximum atomic E-state index is 13.8. The van der Waals surface area contributed by atoms with Crippen LogP contribution >= 0.6 is 0 Å². The van der Waals surface area contributed by atoms with Gasteiger partial charge >= 0.3 is 0 Å². The van der Waals surface area contributed by atoms with Crippen LogP contribution in [0.2, 0.25) is 0 Å². The third kappa shape index (κ3) is 4.61. The van der Waals surface area contributed by atoms with E-state index in [0.717, 1.165) is 38.1 Å². The van der Waals surface area contributed by atoms with Gasteiger partial charge in [0, 0.05) is 38.2 Å². The monoisotopic (exact) mass is 379 g/mol. The van der Waals surface area contributed by atoms with Gasteiger partial charge in [-0.3, -0.25) is 14.4 Å². The number of amides is 3. The minimum atomic E-state index is -0.889. The van der Waals surface area contributed by atoms with E-state index in [-0.39, 0.29) is 29.8 Å². The molecule has 2 aliphatic heterocycles. The van der Waals surface area contributed by atoms with E-state index >= 15 is 0 Å². The summed E-state index contributed by atoms with van der Waals surface area (Å²) in [5.74, 6) is -2.67. The van der Waals surface area contributed by atoms with E-state index in [4.69, 9.17) is 0 Å². The molecule has 2 heterocycles. The molecule has 2 fully saturated rings. The van der Waals surface area contributed by atoms with Crippen molar-refractivity contribution in [2.45, 2.75) is 25.7 Å². The van der Waals surface area contributed by atoms with E-state index in [2.05, 4.69) is 5.32 Å². The molecule has 0 atom stereocenters. The lowest BCUT2D eigenvalue weighted by Gasteiger charge is -2.31. The van der Waals surface area contributed by atoms with E-state index in [1.54, 1.807) is 4.90 Å². The molecule has 0 aromatic heterocycles. The fraction of sp³-hybridized carbons (Fsp3) is 0.526. The summed E-state index contributed by atoms with van der Waals surface area (Å²) in [5, 5.41) is 2.68. The van der Waals surface area contributed by atoms with Crippen LogP contribution in [-0.2, 0) is 9.59 Å². The van der Waals surface area contributed by atoms with Crippen LogP contribution in [0.4, 0.5) is 8.78 Å². The lowest BCUT2D eigenvalue weighted by molar-refractivity contribution is -0.133. The highest BCUT2D eigenvalue weighted by molar-refractivity contribution is 5.94. The molecule has 8 heteroatoms. The maximum absolute atomic E-state index is 13.8. The Kier molecular flexibility index (Phi) is 6.03. The summed E-state index contributed by atoms with van der Waals surface area (Å²) in [7, 11) is 0. The molecule has 3 rings (SSSR count). The molecule has 27 heavy (non-hydrogen) atoms. The van der Waals surface area contributed by atoms with Crippen molar-refractivity contribution in [3.63, 3.8) is 0 Å². The molecule has 146 valence electrons. The van der Waals surface area contributed by atoms with Gasteiger partial charge in [0.15, 0.2) is 0 Å². The van der Waals surface area contributed by atoms with Crippen LogP contribution < -0.4 is 5.32 Å². The summed E-state index contributed by atoms with van der Waals surface area (Å²) >= 11 is 0.